The lowest BCUT2D eigenvalue weighted by atomic mass is 10.00. The van der Waals surface area contributed by atoms with Crippen LogP contribution in [0.2, 0.25) is 0 Å². The van der Waals surface area contributed by atoms with E-state index in [9.17, 15) is 4.79 Å². The number of nitrogens with one attached hydrogen (secondary N) is 1. The van der Waals surface area contributed by atoms with E-state index in [1.807, 2.05) is 13.0 Å². The average molecular weight is 282 g/mol. The Balaban J connectivity index is 1.99. The standard InChI is InChI=1S/C12H16ClN5O/c1-7-6-17(4-3-9(7)13)10-5-11-15-16-12(19)18(11)8(2)14-10/h5,7,9H,3-4,6H2,1-2H3,(H,16,19). The Morgan fingerprint density at radius 3 is 3.05 bits per heavy atom. The van der Waals surface area contributed by atoms with Crippen molar-refractivity contribution in [2.75, 3.05) is 18.0 Å². The second-order valence-corrected chi connectivity index (χ2v) is 5.67. The van der Waals surface area contributed by atoms with Gasteiger partial charge in [0.25, 0.3) is 0 Å². The summed E-state index contributed by atoms with van der Waals surface area (Å²) >= 11 is 6.24. The first-order valence-corrected chi connectivity index (χ1v) is 6.83. The minimum Gasteiger partial charge on any atom is -0.356 e. The predicted molar refractivity (Wildman–Crippen MR) is 74.0 cm³/mol. The molecule has 1 fully saturated rings. The highest BCUT2D eigenvalue weighted by atomic mass is 35.5. The third-order valence-electron chi connectivity index (χ3n) is 3.68. The summed E-state index contributed by atoms with van der Waals surface area (Å²) in [5.74, 6) is 1.93. The first-order valence-electron chi connectivity index (χ1n) is 6.40. The molecule has 102 valence electrons. The fourth-order valence-electron chi connectivity index (χ4n) is 2.57. The molecular formula is C12H16ClN5O. The lowest BCUT2D eigenvalue weighted by Crippen LogP contribution is -2.40. The molecule has 0 radical (unpaired) electrons. The van der Waals surface area contributed by atoms with Crippen LogP contribution in [0.1, 0.15) is 19.2 Å². The Bertz CT molecular complexity index is 664. The van der Waals surface area contributed by atoms with Crippen molar-refractivity contribution in [3.05, 3.63) is 22.4 Å². The van der Waals surface area contributed by atoms with Crippen LogP contribution in [-0.4, -0.2) is 38.0 Å². The number of fused-ring (bicyclic) bond motifs is 1. The summed E-state index contributed by atoms with van der Waals surface area (Å²) in [5, 5.41) is 6.67. The maximum atomic E-state index is 11.6. The molecule has 3 heterocycles. The van der Waals surface area contributed by atoms with E-state index < -0.39 is 0 Å². The molecule has 3 rings (SSSR count). The zero-order valence-electron chi connectivity index (χ0n) is 10.9. The number of rotatable bonds is 1. The van der Waals surface area contributed by atoms with Crippen LogP contribution in [0.3, 0.4) is 0 Å². The van der Waals surface area contributed by atoms with Crippen molar-refractivity contribution in [1.82, 2.24) is 19.6 Å². The molecule has 2 unspecified atom stereocenters. The van der Waals surface area contributed by atoms with Crippen LogP contribution in [0.4, 0.5) is 5.82 Å². The van der Waals surface area contributed by atoms with Gasteiger partial charge in [0, 0.05) is 24.5 Å². The molecule has 0 aromatic carbocycles. The SMILES string of the molecule is Cc1nc(N2CCC(Cl)C(C)C2)cc2n[nH]c(=O)n12. The molecule has 2 aromatic heterocycles. The zero-order chi connectivity index (χ0) is 13.6. The van der Waals surface area contributed by atoms with E-state index >= 15 is 0 Å². The molecule has 0 saturated carbocycles. The second-order valence-electron chi connectivity index (χ2n) is 5.11. The first kappa shape index (κ1) is 12.5. The molecule has 2 aromatic rings. The van der Waals surface area contributed by atoms with Crippen molar-refractivity contribution in [2.24, 2.45) is 5.92 Å². The molecule has 2 atom stereocenters. The van der Waals surface area contributed by atoms with E-state index in [0.29, 0.717) is 17.4 Å². The summed E-state index contributed by atoms with van der Waals surface area (Å²) in [6.45, 7) is 5.72. The maximum Gasteiger partial charge on any atom is 0.349 e. The molecule has 19 heavy (non-hydrogen) atoms. The van der Waals surface area contributed by atoms with E-state index in [2.05, 4.69) is 27.0 Å². The quantitative estimate of drug-likeness (QED) is 0.797. The minimum atomic E-state index is -0.251. The molecule has 1 saturated heterocycles. The van der Waals surface area contributed by atoms with E-state index in [-0.39, 0.29) is 11.1 Å². The summed E-state index contributed by atoms with van der Waals surface area (Å²) in [6, 6.07) is 1.84. The van der Waals surface area contributed by atoms with Gasteiger partial charge in [0.15, 0.2) is 5.65 Å². The molecule has 0 spiro atoms. The average Bonchev–Trinajstić information content (AvgIpc) is 2.75. The Kier molecular flexibility index (Phi) is 2.97. The minimum absolute atomic E-state index is 0.231. The number of halogens is 1. The molecule has 1 N–H and O–H groups in total. The van der Waals surface area contributed by atoms with E-state index in [1.54, 1.807) is 0 Å². The van der Waals surface area contributed by atoms with Gasteiger partial charge >= 0.3 is 5.69 Å². The molecule has 0 amide bonds. The number of hydrogen-bond acceptors (Lipinski definition) is 4. The van der Waals surface area contributed by atoms with Gasteiger partial charge in [-0.3, -0.25) is 0 Å². The van der Waals surface area contributed by atoms with Gasteiger partial charge in [0.05, 0.1) is 0 Å². The number of hydrogen-bond donors (Lipinski definition) is 1. The number of nitrogens with zero attached hydrogens (tertiary/aromatic N) is 4. The lowest BCUT2D eigenvalue weighted by molar-refractivity contribution is 0.452. The number of anilines is 1. The van der Waals surface area contributed by atoms with Crippen LogP contribution in [-0.2, 0) is 0 Å². The van der Waals surface area contributed by atoms with Crippen LogP contribution in [0.25, 0.3) is 5.65 Å². The van der Waals surface area contributed by atoms with Gasteiger partial charge in [0.1, 0.15) is 11.6 Å². The highest BCUT2D eigenvalue weighted by molar-refractivity contribution is 6.20. The maximum absolute atomic E-state index is 11.6. The fourth-order valence-corrected chi connectivity index (χ4v) is 2.75. The number of H-pyrrole nitrogens is 1. The summed E-state index contributed by atoms with van der Waals surface area (Å²) in [6.07, 6.45) is 0.946. The highest BCUT2D eigenvalue weighted by Crippen LogP contribution is 2.25. The number of alkyl halides is 1. The topological polar surface area (TPSA) is 66.3 Å². The number of aromatic amines is 1. The van der Waals surface area contributed by atoms with Gasteiger partial charge in [-0.25, -0.2) is 19.3 Å². The monoisotopic (exact) mass is 281 g/mol. The predicted octanol–water partition coefficient (Wildman–Crippen LogP) is 1.18. The van der Waals surface area contributed by atoms with Gasteiger partial charge < -0.3 is 4.90 Å². The highest BCUT2D eigenvalue weighted by Gasteiger charge is 2.25. The van der Waals surface area contributed by atoms with Gasteiger partial charge in [-0.1, -0.05) is 6.92 Å². The van der Waals surface area contributed by atoms with Gasteiger partial charge in [-0.15, -0.1) is 11.6 Å². The molecular weight excluding hydrogens is 266 g/mol. The second kappa shape index (κ2) is 4.52. The van der Waals surface area contributed by atoms with Crippen LogP contribution >= 0.6 is 11.6 Å². The zero-order valence-corrected chi connectivity index (χ0v) is 11.7. The van der Waals surface area contributed by atoms with Gasteiger partial charge in [-0.2, -0.15) is 5.10 Å². The van der Waals surface area contributed by atoms with E-state index in [0.717, 1.165) is 25.3 Å². The van der Waals surface area contributed by atoms with Crippen molar-refractivity contribution in [3.8, 4) is 0 Å². The largest absolute Gasteiger partial charge is 0.356 e. The Morgan fingerprint density at radius 2 is 2.32 bits per heavy atom. The molecule has 0 bridgehead atoms. The Hall–Kier alpha value is -1.56. The summed E-state index contributed by atoms with van der Waals surface area (Å²) < 4.78 is 1.47. The van der Waals surface area contributed by atoms with Crippen molar-refractivity contribution < 1.29 is 0 Å². The van der Waals surface area contributed by atoms with Crippen LogP contribution < -0.4 is 10.6 Å². The van der Waals surface area contributed by atoms with Crippen molar-refractivity contribution in [1.29, 1.82) is 0 Å². The van der Waals surface area contributed by atoms with Gasteiger partial charge in [0.2, 0.25) is 0 Å². The lowest BCUT2D eigenvalue weighted by Gasteiger charge is -2.34. The molecule has 1 aliphatic rings. The van der Waals surface area contributed by atoms with Crippen molar-refractivity contribution >= 4 is 23.1 Å². The molecule has 1 aliphatic heterocycles. The van der Waals surface area contributed by atoms with E-state index in [4.69, 9.17) is 11.6 Å². The summed E-state index contributed by atoms with van der Waals surface area (Å²) in [7, 11) is 0. The van der Waals surface area contributed by atoms with Crippen LogP contribution in [0.15, 0.2) is 10.9 Å². The van der Waals surface area contributed by atoms with Crippen LogP contribution in [0, 0.1) is 12.8 Å². The first-order chi connectivity index (χ1) is 9.06. The summed E-state index contributed by atoms with van der Waals surface area (Å²) in [5.41, 5.74) is 0.354. The Labute approximate surface area is 115 Å². The van der Waals surface area contributed by atoms with Crippen molar-refractivity contribution in [2.45, 2.75) is 25.6 Å². The number of piperidine rings is 1. The van der Waals surface area contributed by atoms with Gasteiger partial charge in [-0.05, 0) is 19.3 Å². The van der Waals surface area contributed by atoms with Crippen molar-refractivity contribution in [3.63, 3.8) is 0 Å². The number of aromatic nitrogens is 4. The fraction of sp³-hybridized carbons (Fsp3) is 0.583. The Morgan fingerprint density at radius 1 is 1.53 bits per heavy atom. The van der Waals surface area contributed by atoms with E-state index in [1.165, 1.54) is 4.40 Å². The third kappa shape index (κ3) is 2.10. The number of aryl methyl sites for hydroxylation is 1. The summed E-state index contributed by atoms with van der Waals surface area (Å²) in [4.78, 5) is 18.3. The molecule has 7 heteroatoms. The normalized spacial score (nSPS) is 24.1. The molecule has 6 nitrogen and oxygen atoms in total. The smallest absolute Gasteiger partial charge is 0.349 e. The third-order valence-corrected chi connectivity index (χ3v) is 4.33. The molecule has 0 aliphatic carbocycles. The van der Waals surface area contributed by atoms with Crippen LogP contribution in [0.5, 0.6) is 0 Å².